The van der Waals surface area contributed by atoms with Crippen molar-refractivity contribution in [2.75, 3.05) is 13.1 Å². The van der Waals surface area contributed by atoms with E-state index in [0.717, 1.165) is 25.4 Å². The third-order valence-electron chi connectivity index (χ3n) is 4.86. The Hall–Kier alpha value is -1.95. The molecule has 2 aromatic rings. The molecule has 2 heterocycles. The van der Waals surface area contributed by atoms with Crippen molar-refractivity contribution in [1.82, 2.24) is 15.5 Å². The van der Waals surface area contributed by atoms with Gasteiger partial charge in [0.25, 0.3) is 0 Å². The molecule has 1 aromatic heterocycles. The zero-order valence-electron chi connectivity index (χ0n) is 12.2. The van der Waals surface area contributed by atoms with E-state index in [2.05, 4.69) is 15.5 Å². The minimum Gasteiger partial charge on any atom is -0.485 e. The van der Waals surface area contributed by atoms with Gasteiger partial charge in [0, 0.05) is 6.54 Å². The molecule has 22 heavy (non-hydrogen) atoms. The maximum atomic E-state index is 12.8. The van der Waals surface area contributed by atoms with Crippen LogP contribution in [0.15, 0.2) is 28.8 Å². The van der Waals surface area contributed by atoms with Crippen molar-refractivity contribution >= 4 is 0 Å². The smallest absolute Gasteiger partial charge is 0.234 e. The quantitative estimate of drug-likeness (QED) is 0.940. The van der Waals surface area contributed by atoms with Gasteiger partial charge in [-0.1, -0.05) is 11.6 Å². The second kappa shape index (κ2) is 5.35. The van der Waals surface area contributed by atoms with E-state index in [1.54, 1.807) is 12.1 Å². The molecule has 0 spiro atoms. The number of fused-ring (bicyclic) bond motifs is 1. The van der Waals surface area contributed by atoms with E-state index in [1.165, 1.54) is 25.0 Å². The van der Waals surface area contributed by atoms with E-state index in [9.17, 15) is 4.39 Å². The van der Waals surface area contributed by atoms with Crippen molar-refractivity contribution < 1.29 is 13.7 Å². The number of hydrogen-bond acceptors (Lipinski definition) is 5. The second-order valence-corrected chi connectivity index (χ2v) is 6.13. The Labute approximate surface area is 127 Å². The number of nitrogens with zero attached hydrogens (tertiary/aromatic N) is 2. The molecule has 1 saturated carbocycles. The summed E-state index contributed by atoms with van der Waals surface area (Å²) in [5.74, 6) is 2.17. The molecule has 1 aliphatic carbocycles. The third-order valence-corrected chi connectivity index (χ3v) is 4.86. The Bertz CT molecular complexity index is 646. The maximum absolute atomic E-state index is 12.8. The molecule has 2 atom stereocenters. The van der Waals surface area contributed by atoms with Gasteiger partial charge in [0.2, 0.25) is 11.7 Å². The van der Waals surface area contributed by atoms with Crippen molar-refractivity contribution in [3.8, 4) is 5.75 Å². The standard InChI is InChI=1S/C16H18FN3O2/c17-12-3-5-13(6-4-12)21-9-14-19-15(22-20-14)16-7-1-2-11(16)8-18-10-16/h3-6,11,18H,1-2,7-10H2/t11-,16-/m1/s1. The highest BCUT2D eigenvalue weighted by atomic mass is 19.1. The number of ether oxygens (including phenoxy) is 1. The summed E-state index contributed by atoms with van der Waals surface area (Å²) in [7, 11) is 0. The zero-order valence-corrected chi connectivity index (χ0v) is 12.2. The monoisotopic (exact) mass is 303 g/mol. The minimum atomic E-state index is -0.283. The van der Waals surface area contributed by atoms with Crippen LogP contribution in [-0.2, 0) is 12.0 Å². The van der Waals surface area contributed by atoms with Crippen LogP contribution >= 0.6 is 0 Å². The van der Waals surface area contributed by atoms with Crippen LogP contribution < -0.4 is 10.1 Å². The molecule has 6 heteroatoms. The van der Waals surface area contributed by atoms with Gasteiger partial charge in [0.05, 0.1) is 5.41 Å². The summed E-state index contributed by atoms with van der Waals surface area (Å²) in [5.41, 5.74) is 0.0150. The average molecular weight is 303 g/mol. The summed E-state index contributed by atoms with van der Waals surface area (Å²) in [6, 6.07) is 5.90. The fourth-order valence-electron chi connectivity index (χ4n) is 3.69. The third kappa shape index (κ3) is 2.27. The van der Waals surface area contributed by atoms with Gasteiger partial charge in [0.1, 0.15) is 11.6 Å². The number of halogens is 1. The van der Waals surface area contributed by atoms with Crippen LogP contribution in [0.5, 0.6) is 5.75 Å². The molecule has 0 amide bonds. The van der Waals surface area contributed by atoms with Gasteiger partial charge in [-0.2, -0.15) is 4.98 Å². The summed E-state index contributed by atoms with van der Waals surface area (Å²) in [4.78, 5) is 4.54. The highest BCUT2D eigenvalue weighted by Crippen LogP contribution is 2.47. The van der Waals surface area contributed by atoms with Gasteiger partial charge in [-0.15, -0.1) is 0 Å². The lowest BCUT2D eigenvalue weighted by Crippen LogP contribution is -2.31. The largest absolute Gasteiger partial charge is 0.485 e. The van der Waals surface area contributed by atoms with Gasteiger partial charge in [-0.3, -0.25) is 0 Å². The molecular formula is C16H18FN3O2. The number of rotatable bonds is 4. The van der Waals surface area contributed by atoms with Crippen molar-refractivity contribution in [3.05, 3.63) is 41.8 Å². The predicted molar refractivity (Wildman–Crippen MR) is 76.9 cm³/mol. The van der Waals surface area contributed by atoms with Gasteiger partial charge >= 0.3 is 0 Å². The molecule has 0 bridgehead atoms. The van der Waals surface area contributed by atoms with Crippen LogP contribution in [0.2, 0.25) is 0 Å². The van der Waals surface area contributed by atoms with Gasteiger partial charge in [-0.25, -0.2) is 4.39 Å². The zero-order chi connectivity index (χ0) is 15.0. The Morgan fingerprint density at radius 1 is 1.36 bits per heavy atom. The van der Waals surface area contributed by atoms with E-state index in [4.69, 9.17) is 9.26 Å². The number of benzene rings is 1. The van der Waals surface area contributed by atoms with E-state index >= 15 is 0 Å². The molecule has 1 saturated heterocycles. The van der Waals surface area contributed by atoms with Crippen molar-refractivity contribution in [3.63, 3.8) is 0 Å². The molecule has 4 rings (SSSR count). The summed E-state index contributed by atoms with van der Waals surface area (Å²) in [6.07, 6.45) is 3.54. The molecule has 0 radical (unpaired) electrons. The second-order valence-electron chi connectivity index (χ2n) is 6.13. The van der Waals surface area contributed by atoms with E-state index in [-0.39, 0.29) is 17.8 Å². The first-order valence-electron chi connectivity index (χ1n) is 7.68. The minimum absolute atomic E-state index is 0.0150. The molecular weight excluding hydrogens is 285 g/mol. The lowest BCUT2D eigenvalue weighted by atomic mass is 9.80. The SMILES string of the molecule is Fc1ccc(OCc2noc([C@@]34CCC[C@@H]3CNC4)n2)cc1. The van der Waals surface area contributed by atoms with Crippen molar-refractivity contribution in [1.29, 1.82) is 0 Å². The summed E-state index contributed by atoms with van der Waals surface area (Å²) < 4.78 is 23.9. The van der Waals surface area contributed by atoms with Crippen LogP contribution in [0, 0.1) is 11.7 Å². The fourth-order valence-corrected chi connectivity index (χ4v) is 3.69. The molecule has 2 fully saturated rings. The average Bonchev–Trinajstić information content (AvgIpc) is 3.21. The molecule has 116 valence electrons. The van der Waals surface area contributed by atoms with E-state index in [1.807, 2.05) is 0 Å². The van der Waals surface area contributed by atoms with E-state index in [0.29, 0.717) is 17.5 Å². The van der Waals surface area contributed by atoms with Crippen LogP contribution in [0.1, 0.15) is 31.0 Å². The normalized spacial score (nSPS) is 27.0. The molecule has 1 aliphatic heterocycles. The van der Waals surface area contributed by atoms with Crippen LogP contribution in [0.4, 0.5) is 4.39 Å². The predicted octanol–water partition coefficient (Wildman–Crippen LogP) is 2.43. The Kier molecular flexibility index (Phi) is 3.33. The van der Waals surface area contributed by atoms with Gasteiger partial charge in [-0.05, 0) is 49.6 Å². The van der Waals surface area contributed by atoms with Crippen LogP contribution in [0.25, 0.3) is 0 Å². The lowest BCUT2D eigenvalue weighted by molar-refractivity contribution is 0.257. The van der Waals surface area contributed by atoms with Crippen LogP contribution in [0.3, 0.4) is 0 Å². The first-order chi connectivity index (χ1) is 10.8. The highest BCUT2D eigenvalue weighted by Gasteiger charge is 2.51. The Morgan fingerprint density at radius 3 is 3.09 bits per heavy atom. The number of aromatic nitrogens is 2. The summed E-state index contributed by atoms with van der Waals surface area (Å²) in [6.45, 7) is 2.17. The molecule has 2 aliphatic rings. The number of nitrogens with one attached hydrogen (secondary N) is 1. The summed E-state index contributed by atoms with van der Waals surface area (Å²) >= 11 is 0. The molecule has 0 unspecified atom stereocenters. The fraction of sp³-hybridized carbons (Fsp3) is 0.500. The van der Waals surface area contributed by atoms with E-state index < -0.39 is 0 Å². The van der Waals surface area contributed by atoms with Gasteiger partial charge < -0.3 is 14.6 Å². The lowest BCUT2D eigenvalue weighted by Gasteiger charge is -2.22. The van der Waals surface area contributed by atoms with Crippen molar-refractivity contribution in [2.24, 2.45) is 5.92 Å². The highest BCUT2D eigenvalue weighted by molar-refractivity contribution is 5.22. The topological polar surface area (TPSA) is 60.2 Å². The number of hydrogen-bond donors (Lipinski definition) is 1. The first kappa shape index (κ1) is 13.7. The first-order valence-corrected chi connectivity index (χ1v) is 7.68. The van der Waals surface area contributed by atoms with Crippen LogP contribution in [-0.4, -0.2) is 23.2 Å². The Morgan fingerprint density at radius 2 is 2.23 bits per heavy atom. The Balaban J connectivity index is 1.46. The van der Waals surface area contributed by atoms with Crippen molar-refractivity contribution in [2.45, 2.75) is 31.3 Å². The molecule has 1 aromatic carbocycles. The van der Waals surface area contributed by atoms with Gasteiger partial charge in [0.15, 0.2) is 6.61 Å². The molecule has 5 nitrogen and oxygen atoms in total. The molecule has 1 N–H and O–H groups in total. The summed E-state index contributed by atoms with van der Waals surface area (Å²) in [5, 5.41) is 7.48. The maximum Gasteiger partial charge on any atom is 0.234 e.